The molecule has 1 aliphatic heterocycles. The summed E-state index contributed by atoms with van der Waals surface area (Å²) in [6, 6.07) is 0.603. The van der Waals surface area contributed by atoms with E-state index < -0.39 is 0 Å². The van der Waals surface area contributed by atoms with Gasteiger partial charge in [-0.25, -0.2) is 0 Å². The van der Waals surface area contributed by atoms with E-state index in [-0.39, 0.29) is 0 Å². The van der Waals surface area contributed by atoms with E-state index in [1.54, 1.807) is 0 Å². The van der Waals surface area contributed by atoms with Crippen LogP contribution >= 0.6 is 0 Å². The third-order valence-corrected chi connectivity index (χ3v) is 3.74. The van der Waals surface area contributed by atoms with Gasteiger partial charge in [-0.05, 0) is 13.8 Å². The molecule has 1 atom stereocenters. The Bertz CT molecular complexity index is 379. The molecule has 5 heteroatoms. The van der Waals surface area contributed by atoms with Gasteiger partial charge in [-0.1, -0.05) is 0 Å². The Kier molecular flexibility index (Phi) is 5.36. The molecule has 1 saturated heterocycles. The highest BCUT2D eigenvalue weighted by molar-refractivity contribution is 5.03. The molecule has 2 rings (SSSR count). The van der Waals surface area contributed by atoms with Crippen LogP contribution in [0, 0.1) is 0 Å². The van der Waals surface area contributed by atoms with Gasteiger partial charge in [0.2, 0.25) is 0 Å². The maximum Gasteiger partial charge on any atom is 0.0593 e. The van der Waals surface area contributed by atoms with Crippen LogP contribution < -0.4 is 0 Å². The lowest BCUT2D eigenvalue weighted by atomic mass is 10.2. The minimum absolute atomic E-state index is 0.603. The molecule has 0 unspecified atom stereocenters. The van der Waals surface area contributed by atoms with Gasteiger partial charge < -0.3 is 4.74 Å². The molecular formula is C14H26N4O. The zero-order valence-electron chi connectivity index (χ0n) is 12.4. The van der Waals surface area contributed by atoms with Crippen molar-refractivity contribution in [1.82, 2.24) is 19.6 Å². The fourth-order valence-corrected chi connectivity index (χ4v) is 2.68. The monoisotopic (exact) mass is 266 g/mol. The molecular weight excluding hydrogens is 240 g/mol. The molecule has 0 bridgehead atoms. The van der Waals surface area contributed by atoms with Crippen molar-refractivity contribution in [3.63, 3.8) is 0 Å². The van der Waals surface area contributed by atoms with Gasteiger partial charge in [0, 0.05) is 64.2 Å². The van der Waals surface area contributed by atoms with Crippen LogP contribution in [0.3, 0.4) is 0 Å². The Labute approximate surface area is 116 Å². The lowest BCUT2D eigenvalue weighted by molar-refractivity contribution is 0.0466. The molecule has 0 saturated carbocycles. The van der Waals surface area contributed by atoms with Crippen molar-refractivity contribution in [2.45, 2.75) is 26.4 Å². The summed E-state index contributed by atoms with van der Waals surface area (Å²) in [5.41, 5.74) is 1.30. The Morgan fingerprint density at radius 1 is 1.42 bits per heavy atom. The molecule has 19 heavy (non-hydrogen) atoms. The lowest BCUT2D eigenvalue weighted by Crippen LogP contribution is -2.52. The maximum absolute atomic E-state index is 5.44. The zero-order chi connectivity index (χ0) is 13.7. The molecule has 0 spiro atoms. The van der Waals surface area contributed by atoms with Crippen molar-refractivity contribution in [2.24, 2.45) is 7.05 Å². The molecule has 0 N–H and O–H groups in total. The van der Waals surface area contributed by atoms with Gasteiger partial charge in [0.15, 0.2) is 0 Å². The Balaban J connectivity index is 1.76. The first-order chi connectivity index (χ1) is 9.19. The van der Waals surface area contributed by atoms with Crippen LogP contribution in [0.2, 0.25) is 0 Å². The first kappa shape index (κ1) is 14.5. The number of nitrogens with zero attached hydrogens (tertiary/aromatic N) is 4. The fraction of sp³-hybridized carbons (Fsp3) is 0.786. The average molecular weight is 266 g/mol. The third kappa shape index (κ3) is 4.30. The Morgan fingerprint density at radius 2 is 2.26 bits per heavy atom. The van der Waals surface area contributed by atoms with E-state index in [0.29, 0.717) is 6.04 Å². The van der Waals surface area contributed by atoms with Crippen molar-refractivity contribution < 1.29 is 4.74 Å². The summed E-state index contributed by atoms with van der Waals surface area (Å²) >= 11 is 0. The van der Waals surface area contributed by atoms with Crippen LogP contribution in [0.25, 0.3) is 0 Å². The first-order valence-corrected chi connectivity index (χ1v) is 7.20. The number of aromatic nitrogens is 2. The summed E-state index contributed by atoms with van der Waals surface area (Å²) in [7, 11) is 1.97. The van der Waals surface area contributed by atoms with E-state index in [2.05, 4.69) is 34.9 Å². The van der Waals surface area contributed by atoms with Crippen LogP contribution in [0.1, 0.15) is 19.4 Å². The average Bonchev–Trinajstić information content (AvgIpc) is 2.78. The van der Waals surface area contributed by atoms with Crippen molar-refractivity contribution in [3.8, 4) is 0 Å². The second-order valence-corrected chi connectivity index (χ2v) is 5.34. The van der Waals surface area contributed by atoms with Crippen LogP contribution in [0.15, 0.2) is 12.4 Å². The normalized spacial score (nSPS) is 21.9. The van der Waals surface area contributed by atoms with Gasteiger partial charge in [0.05, 0.1) is 12.8 Å². The van der Waals surface area contributed by atoms with Gasteiger partial charge in [-0.3, -0.25) is 14.5 Å². The second-order valence-electron chi connectivity index (χ2n) is 5.34. The number of ether oxygens (including phenoxy) is 1. The van der Waals surface area contributed by atoms with Gasteiger partial charge in [-0.15, -0.1) is 0 Å². The molecule has 0 radical (unpaired) electrons. The van der Waals surface area contributed by atoms with E-state index >= 15 is 0 Å². The van der Waals surface area contributed by atoms with E-state index in [1.165, 1.54) is 5.56 Å². The lowest BCUT2D eigenvalue weighted by Gasteiger charge is -2.39. The van der Waals surface area contributed by atoms with Crippen molar-refractivity contribution >= 4 is 0 Å². The maximum atomic E-state index is 5.44. The summed E-state index contributed by atoms with van der Waals surface area (Å²) in [5.74, 6) is 0. The molecule has 0 aromatic carbocycles. The van der Waals surface area contributed by atoms with Gasteiger partial charge in [0.1, 0.15) is 0 Å². The zero-order valence-corrected chi connectivity index (χ0v) is 12.4. The van der Waals surface area contributed by atoms with E-state index in [0.717, 1.165) is 45.9 Å². The minimum atomic E-state index is 0.603. The van der Waals surface area contributed by atoms with Gasteiger partial charge >= 0.3 is 0 Å². The quantitative estimate of drug-likeness (QED) is 0.718. The molecule has 108 valence electrons. The molecule has 1 aromatic heterocycles. The predicted octanol–water partition coefficient (Wildman–Crippen LogP) is 0.963. The minimum Gasteiger partial charge on any atom is -0.380 e. The van der Waals surface area contributed by atoms with Gasteiger partial charge in [0.25, 0.3) is 0 Å². The molecule has 2 heterocycles. The summed E-state index contributed by atoms with van der Waals surface area (Å²) < 4.78 is 7.32. The predicted molar refractivity (Wildman–Crippen MR) is 76.0 cm³/mol. The molecule has 1 aliphatic rings. The summed E-state index contributed by atoms with van der Waals surface area (Å²) in [6.45, 7) is 11.5. The first-order valence-electron chi connectivity index (χ1n) is 7.20. The number of rotatable bonds is 6. The molecule has 5 nitrogen and oxygen atoms in total. The highest BCUT2D eigenvalue weighted by atomic mass is 16.5. The number of aryl methyl sites for hydroxylation is 1. The van der Waals surface area contributed by atoms with Crippen LogP contribution in [-0.2, 0) is 18.3 Å². The van der Waals surface area contributed by atoms with Gasteiger partial charge in [-0.2, -0.15) is 5.10 Å². The Morgan fingerprint density at radius 3 is 2.89 bits per heavy atom. The molecule has 1 fully saturated rings. The Hall–Kier alpha value is -0.910. The number of hydrogen-bond acceptors (Lipinski definition) is 4. The topological polar surface area (TPSA) is 33.5 Å². The van der Waals surface area contributed by atoms with Crippen LogP contribution in [0.4, 0.5) is 0 Å². The summed E-state index contributed by atoms with van der Waals surface area (Å²) in [6.07, 6.45) is 4.07. The standard InChI is InChI=1S/C14H26N4O/c1-4-19-8-7-18-6-5-17(10-13(18)2)12-14-9-15-16(3)11-14/h9,11,13H,4-8,10,12H2,1-3H3/t13-/m0/s1. The van der Waals surface area contributed by atoms with Crippen molar-refractivity contribution in [1.29, 1.82) is 0 Å². The number of hydrogen-bond donors (Lipinski definition) is 0. The molecule has 0 amide bonds. The van der Waals surface area contributed by atoms with Crippen LogP contribution in [0.5, 0.6) is 0 Å². The molecule has 1 aromatic rings. The largest absolute Gasteiger partial charge is 0.380 e. The van der Waals surface area contributed by atoms with Crippen molar-refractivity contribution in [2.75, 3.05) is 39.4 Å². The van der Waals surface area contributed by atoms with E-state index in [1.807, 2.05) is 17.9 Å². The van der Waals surface area contributed by atoms with Crippen LogP contribution in [-0.4, -0.2) is 65.0 Å². The second kappa shape index (κ2) is 7.03. The highest BCUT2D eigenvalue weighted by Crippen LogP contribution is 2.12. The van der Waals surface area contributed by atoms with E-state index in [9.17, 15) is 0 Å². The smallest absolute Gasteiger partial charge is 0.0593 e. The SMILES string of the molecule is CCOCCN1CCN(Cc2cnn(C)c2)C[C@@H]1C. The summed E-state index contributed by atoms with van der Waals surface area (Å²) in [5, 5.41) is 4.23. The van der Waals surface area contributed by atoms with E-state index in [4.69, 9.17) is 4.74 Å². The number of piperazine rings is 1. The fourth-order valence-electron chi connectivity index (χ4n) is 2.68. The third-order valence-electron chi connectivity index (χ3n) is 3.74. The summed E-state index contributed by atoms with van der Waals surface area (Å²) in [4.78, 5) is 5.04. The molecule has 0 aliphatic carbocycles. The highest BCUT2D eigenvalue weighted by Gasteiger charge is 2.23. The van der Waals surface area contributed by atoms with Crippen molar-refractivity contribution in [3.05, 3.63) is 18.0 Å².